The van der Waals surface area contributed by atoms with Crippen molar-refractivity contribution in [3.8, 4) is 11.5 Å². The fourth-order valence-electron chi connectivity index (χ4n) is 3.70. The van der Waals surface area contributed by atoms with Gasteiger partial charge in [0.15, 0.2) is 16.9 Å². The van der Waals surface area contributed by atoms with Crippen LogP contribution < -0.4 is 20.2 Å². The van der Waals surface area contributed by atoms with Gasteiger partial charge >= 0.3 is 11.9 Å². The molecule has 0 atom stereocenters. The summed E-state index contributed by atoms with van der Waals surface area (Å²) >= 11 is 0. The van der Waals surface area contributed by atoms with Crippen molar-refractivity contribution in [3.63, 3.8) is 0 Å². The summed E-state index contributed by atoms with van der Waals surface area (Å²) in [7, 11) is 0. The number of hydrogen-bond acceptors (Lipinski definition) is 6. The summed E-state index contributed by atoms with van der Waals surface area (Å²) in [4.78, 5) is 35.1. The summed E-state index contributed by atoms with van der Waals surface area (Å²) < 4.78 is 16.8. The zero-order chi connectivity index (χ0) is 20.8. The molecule has 0 saturated carbocycles. The lowest BCUT2D eigenvalue weighted by atomic mass is 10.1. The summed E-state index contributed by atoms with van der Waals surface area (Å²) in [6.07, 6.45) is 3.17. The maximum atomic E-state index is 12.9. The third kappa shape index (κ3) is 2.98. The lowest BCUT2D eigenvalue weighted by molar-refractivity contribution is -0.147. The molecule has 0 bridgehead atoms. The standard InChI is InChI=1S/C22H15NO7/c24-19-14-5-3-13(23-21(25)22(26)27)9-17(14)30-20-12(2-4-15(19)20)7-11-1-6-16-18(8-11)29-10-28-16/h1,3,5-9H,2,4,10H2,(H,23,25)(H,26,27). The number of carboxylic acids is 1. The summed E-state index contributed by atoms with van der Waals surface area (Å²) in [6, 6.07) is 10.1. The Morgan fingerprint density at radius 3 is 2.70 bits per heavy atom. The van der Waals surface area contributed by atoms with E-state index in [1.54, 1.807) is 0 Å². The molecule has 2 heterocycles. The van der Waals surface area contributed by atoms with Crippen LogP contribution in [-0.2, 0) is 16.0 Å². The number of carbonyl (C=O) groups excluding carboxylic acids is 1. The maximum Gasteiger partial charge on any atom is 0.394 e. The molecule has 2 aromatic carbocycles. The molecule has 3 aromatic rings. The van der Waals surface area contributed by atoms with Gasteiger partial charge in [0, 0.05) is 17.3 Å². The molecule has 1 aromatic heterocycles. The van der Waals surface area contributed by atoms with E-state index in [4.69, 9.17) is 19.0 Å². The molecule has 150 valence electrons. The van der Waals surface area contributed by atoms with Crippen molar-refractivity contribution in [2.24, 2.45) is 0 Å². The Morgan fingerprint density at radius 1 is 1.03 bits per heavy atom. The predicted molar refractivity (Wildman–Crippen MR) is 108 cm³/mol. The van der Waals surface area contributed by atoms with Crippen LogP contribution in [0.25, 0.3) is 22.6 Å². The molecule has 0 saturated heterocycles. The van der Waals surface area contributed by atoms with Gasteiger partial charge < -0.3 is 24.3 Å². The van der Waals surface area contributed by atoms with E-state index in [1.807, 2.05) is 24.3 Å². The number of allylic oxidation sites excluding steroid dienone is 1. The van der Waals surface area contributed by atoms with Crippen LogP contribution in [-0.4, -0.2) is 23.8 Å². The fraction of sp³-hybridized carbons (Fsp3) is 0.136. The molecule has 0 radical (unpaired) electrons. The zero-order valence-corrected chi connectivity index (χ0v) is 15.6. The number of carbonyl (C=O) groups is 2. The first-order valence-corrected chi connectivity index (χ1v) is 9.24. The van der Waals surface area contributed by atoms with Crippen molar-refractivity contribution in [1.82, 2.24) is 0 Å². The lowest BCUT2D eigenvalue weighted by Crippen LogP contribution is -2.21. The van der Waals surface area contributed by atoms with Crippen molar-refractivity contribution in [3.05, 3.63) is 63.5 Å². The van der Waals surface area contributed by atoms with Crippen LogP contribution in [0.4, 0.5) is 5.69 Å². The summed E-state index contributed by atoms with van der Waals surface area (Å²) in [5.74, 6) is -0.897. The summed E-state index contributed by atoms with van der Waals surface area (Å²) in [5.41, 5.74) is 2.76. The van der Waals surface area contributed by atoms with Crippen molar-refractivity contribution in [2.75, 3.05) is 12.1 Å². The van der Waals surface area contributed by atoms with Crippen LogP contribution in [0.2, 0.25) is 0 Å². The lowest BCUT2D eigenvalue weighted by Gasteiger charge is -2.07. The first-order valence-electron chi connectivity index (χ1n) is 9.24. The van der Waals surface area contributed by atoms with Gasteiger partial charge in [-0.15, -0.1) is 0 Å². The van der Waals surface area contributed by atoms with E-state index in [0.29, 0.717) is 41.1 Å². The minimum Gasteiger partial charge on any atom is -0.474 e. The number of carboxylic acid groups (broad SMARTS) is 1. The van der Waals surface area contributed by atoms with E-state index in [1.165, 1.54) is 18.2 Å². The third-order valence-electron chi connectivity index (χ3n) is 5.11. The van der Waals surface area contributed by atoms with Gasteiger partial charge in [-0.1, -0.05) is 6.07 Å². The molecular weight excluding hydrogens is 390 g/mol. The van der Waals surface area contributed by atoms with E-state index >= 15 is 0 Å². The highest BCUT2D eigenvalue weighted by atomic mass is 16.7. The first-order chi connectivity index (χ1) is 14.5. The molecule has 8 heteroatoms. The Bertz CT molecular complexity index is 1320. The molecule has 1 amide bonds. The van der Waals surface area contributed by atoms with Gasteiger partial charge in [0.05, 0.1) is 5.39 Å². The van der Waals surface area contributed by atoms with Gasteiger partial charge in [0.25, 0.3) is 0 Å². The second kappa shape index (κ2) is 6.77. The molecule has 0 unspecified atom stereocenters. The van der Waals surface area contributed by atoms with Gasteiger partial charge in [0.2, 0.25) is 6.79 Å². The van der Waals surface area contributed by atoms with Crippen molar-refractivity contribution >= 4 is 40.2 Å². The Balaban J connectivity index is 1.56. The number of anilines is 1. The molecule has 8 nitrogen and oxygen atoms in total. The van der Waals surface area contributed by atoms with Gasteiger partial charge in [-0.3, -0.25) is 9.59 Å². The average Bonchev–Trinajstić information content (AvgIpc) is 3.35. The second-order valence-electron chi connectivity index (χ2n) is 6.99. The molecule has 1 aliphatic heterocycles. The second-order valence-corrected chi connectivity index (χ2v) is 6.99. The number of benzene rings is 2. The molecule has 1 aliphatic carbocycles. The van der Waals surface area contributed by atoms with Crippen molar-refractivity contribution < 1.29 is 28.6 Å². The van der Waals surface area contributed by atoms with E-state index in [9.17, 15) is 14.4 Å². The SMILES string of the molecule is O=C(O)C(=O)Nc1ccc2c(=O)c3c(oc2c1)C(=Cc1ccc2c(c1)OCO2)CC3. The van der Waals surface area contributed by atoms with Gasteiger partial charge in [0.1, 0.15) is 11.3 Å². The minimum atomic E-state index is -1.60. The Labute approximate surface area is 169 Å². The molecule has 5 rings (SSSR count). The van der Waals surface area contributed by atoms with E-state index in [2.05, 4.69) is 5.32 Å². The Hall–Kier alpha value is -4.07. The minimum absolute atomic E-state index is 0.128. The predicted octanol–water partition coefficient (Wildman–Crippen LogP) is 3.03. The molecule has 2 N–H and O–H groups in total. The number of hydrogen-bond donors (Lipinski definition) is 2. The van der Waals surface area contributed by atoms with Crippen LogP contribution in [0.15, 0.2) is 45.6 Å². The molecule has 2 aliphatic rings. The number of rotatable bonds is 2. The van der Waals surface area contributed by atoms with Gasteiger partial charge in [-0.05, 0) is 54.3 Å². The third-order valence-corrected chi connectivity index (χ3v) is 5.11. The monoisotopic (exact) mass is 405 g/mol. The fourth-order valence-corrected chi connectivity index (χ4v) is 3.70. The molecule has 30 heavy (non-hydrogen) atoms. The highest BCUT2D eigenvalue weighted by molar-refractivity contribution is 6.36. The zero-order valence-electron chi connectivity index (χ0n) is 15.6. The van der Waals surface area contributed by atoms with E-state index < -0.39 is 11.9 Å². The van der Waals surface area contributed by atoms with Crippen LogP contribution in [0.1, 0.15) is 23.3 Å². The Morgan fingerprint density at radius 2 is 1.87 bits per heavy atom. The summed E-state index contributed by atoms with van der Waals surface area (Å²) in [6.45, 7) is 0.194. The van der Waals surface area contributed by atoms with E-state index in [0.717, 1.165) is 11.1 Å². The number of fused-ring (bicyclic) bond motifs is 3. The Kier molecular flexibility index (Phi) is 4.06. The van der Waals surface area contributed by atoms with Crippen LogP contribution in [0, 0.1) is 0 Å². The largest absolute Gasteiger partial charge is 0.474 e. The van der Waals surface area contributed by atoms with Gasteiger partial charge in [-0.2, -0.15) is 0 Å². The van der Waals surface area contributed by atoms with E-state index in [-0.39, 0.29) is 23.5 Å². The van der Waals surface area contributed by atoms with Crippen molar-refractivity contribution in [2.45, 2.75) is 12.8 Å². The van der Waals surface area contributed by atoms with Crippen LogP contribution >= 0.6 is 0 Å². The quantitative estimate of drug-likeness (QED) is 0.630. The topological polar surface area (TPSA) is 115 Å². The van der Waals surface area contributed by atoms with Crippen LogP contribution in [0.5, 0.6) is 11.5 Å². The van der Waals surface area contributed by atoms with Crippen LogP contribution in [0.3, 0.4) is 0 Å². The first kappa shape index (κ1) is 18.0. The van der Waals surface area contributed by atoms with Crippen molar-refractivity contribution in [1.29, 1.82) is 0 Å². The molecular formula is C22H15NO7. The number of amides is 1. The number of aliphatic carboxylic acids is 1. The maximum absolute atomic E-state index is 12.9. The highest BCUT2D eigenvalue weighted by Crippen LogP contribution is 2.37. The smallest absolute Gasteiger partial charge is 0.394 e. The highest BCUT2D eigenvalue weighted by Gasteiger charge is 2.24. The summed E-state index contributed by atoms with van der Waals surface area (Å²) in [5, 5.41) is 11.4. The molecule has 0 fully saturated rings. The number of nitrogens with one attached hydrogen (secondary N) is 1. The normalized spacial score (nSPS) is 15.4. The average molecular weight is 405 g/mol. The molecule has 0 spiro atoms. The van der Waals surface area contributed by atoms with Gasteiger partial charge in [-0.25, -0.2) is 4.79 Å². The number of ether oxygens (including phenoxy) is 2.